The SMILES string of the molecule is Cc1c(F)cccc1-c1cc[nH]c(=O)c1. The minimum absolute atomic E-state index is 0.184. The van der Waals surface area contributed by atoms with Gasteiger partial charge in [0.05, 0.1) is 0 Å². The van der Waals surface area contributed by atoms with Crippen LogP contribution in [0.4, 0.5) is 4.39 Å². The maximum absolute atomic E-state index is 13.3. The van der Waals surface area contributed by atoms with Crippen molar-refractivity contribution in [2.24, 2.45) is 0 Å². The zero-order valence-corrected chi connectivity index (χ0v) is 8.25. The van der Waals surface area contributed by atoms with Crippen LogP contribution in [0.1, 0.15) is 5.56 Å². The summed E-state index contributed by atoms with van der Waals surface area (Å²) in [6.45, 7) is 1.70. The quantitative estimate of drug-likeness (QED) is 0.758. The zero-order valence-electron chi connectivity index (χ0n) is 8.25. The molecule has 1 aromatic carbocycles. The molecule has 0 amide bonds. The van der Waals surface area contributed by atoms with Crippen LogP contribution in [-0.2, 0) is 0 Å². The Morgan fingerprint density at radius 3 is 2.80 bits per heavy atom. The van der Waals surface area contributed by atoms with E-state index in [2.05, 4.69) is 4.98 Å². The molecule has 3 heteroatoms. The minimum Gasteiger partial charge on any atom is -0.329 e. The Bertz CT molecular complexity index is 545. The highest BCUT2D eigenvalue weighted by atomic mass is 19.1. The highest BCUT2D eigenvalue weighted by Gasteiger charge is 2.05. The Morgan fingerprint density at radius 2 is 2.07 bits per heavy atom. The fourth-order valence-electron chi connectivity index (χ4n) is 1.53. The number of H-pyrrole nitrogens is 1. The van der Waals surface area contributed by atoms with Gasteiger partial charge in [0.15, 0.2) is 0 Å². The summed E-state index contributed by atoms with van der Waals surface area (Å²) >= 11 is 0. The summed E-state index contributed by atoms with van der Waals surface area (Å²) in [6.07, 6.45) is 1.56. The minimum atomic E-state index is -0.257. The molecule has 2 aromatic rings. The lowest BCUT2D eigenvalue weighted by atomic mass is 10.0. The first kappa shape index (κ1) is 9.65. The van der Waals surface area contributed by atoms with E-state index in [1.54, 1.807) is 31.3 Å². The Balaban J connectivity index is 2.64. The summed E-state index contributed by atoms with van der Waals surface area (Å²) < 4.78 is 13.3. The van der Waals surface area contributed by atoms with Gasteiger partial charge in [-0.15, -0.1) is 0 Å². The average Bonchev–Trinajstić information content (AvgIpc) is 2.22. The molecule has 2 nitrogen and oxygen atoms in total. The van der Waals surface area contributed by atoms with Crippen molar-refractivity contribution in [3.63, 3.8) is 0 Å². The molecule has 0 atom stereocenters. The van der Waals surface area contributed by atoms with Crippen LogP contribution < -0.4 is 5.56 Å². The van der Waals surface area contributed by atoms with Gasteiger partial charge >= 0.3 is 0 Å². The summed E-state index contributed by atoms with van der Waals surface area (Å²) in [4.78, 5) is 13.6. The van der Waals surface area contributed by atoms with Crippen molar-refractivity contribution in [1.29, 1.82) is 0 Å². The number of aromatic nitrogens is 1. The van der Waals surface area contributed by atoms with E-state index in [1.165, 1.54) is 12.1 Å². The molecule has 0 aliphatic heterocycles. The van der Waals surface area contributed by atoms with Crippen molar-refractivity contribution in [2.45, 2.75) is 6.92 Å². The van der Waals surface area contributed by atoms with Crippen LogP contribution in [0.15, 0.2) is 41.3 Å². The van der Waals surface area contributed by atoms with Gasteiger partial charge in [-0.05, 0) is 35.7 Å². The maximum Gasteiger partial charge on any atom is 0.248 e. The van der Waals surface area contributed by atoms with Crippen LogP contribution in [0.25, 0.3) is 11.1 Å². The molecule has 15 heavy (non-hydrogen) atoms. The van der Waals surface area contributed by atoms with E-state index in [4.69, 9.17) is 0 Å². The third-order valence-electron chi connectivity index (χ3n) is 2.35. The molecule has 0 saturated carbocycles. The highest BCUT2D eigenvalue weighted by molar-refractivity contribution is 5.66. The molecule has 1 aromatic heterocycles. The summed E-state index contributed by atoms with van der Waals surface area (Å²) in [5, 5.41) is 0. The fourth-order valence-corrected chi connectivity index (χ4v) is 1.53. The van der Waals surface area contributed by atoms with Crippen molar-refractivity contribution >= 4 is 0 Å². The highest BCUT2D eigenvalue weighted by Crippen LogP contribution is 2.23. The van der Waals surface area contributed by atoms with Gasteiger partial charge in [0, 0.05) is 12.3 Å². The van der Waals surface area contributed by atoms with Crippen LogP contribution in [-0.4, -0.2) is 4.98 Å². The molecule has 0 spiro atoms. The molecule has 0 radical (unpaired) electrons. The number of hydrogen-bond donors (Lipinski definition) is 1. The molecule has 1 N–H and O–H groups in total. The first-order chi connectivity index (χ1) is 7.18. The first-order valence-corrected chi connectivity index (χ1v) is 4.63. The van der Waals surface area contributed by atoms with Gasteiger partial charge in [-0.1, -0.05) is 12.1 Å². The number of pyridine rings is 1. The molecule has 0 aliphatic rings. The van der Waals surface area contributed by atoms with Crippen LogP contribution in [0, 0.1) is 12.7 Å². The Morgan fingerprint density at radius 1 is 1.27 bits per heavy atom. The van der Waals surface area contributed by atoms with Gasteiger partial charge in [-0.25, -0.2) is 4.39 Å². The third kappa shape index (κ3) is 1.81. The van der Waals surface area contributed by atoms with E-state index < -0.39 is 0 Å². The third-order valence-corrected chi connectivity index (χ3v) is 2.35. The van der Waals surface area contributed by atoms with Crippen molar-refractivity contribution < 1.29 is 4.39 Å². The van der Waals surface area contributed by atoms with Crippen LogP contribution in [0.2, 0.25) is 0 Å². The molecular weight excluding hydrogens is 193 g/mol. The monoisotopic (exact) mass is 203 g/mol. The van der Waals surface area contributed by atoms with Gasteiger partial charge in [0.25, 0.3) is 0 Å². The van der Waals surface area contributed by atoms with Gasteiger partial charge in [0.2, 0.25) is 5.56 Å². The molecule has 2 rings (SSSR count). The topological polar surface area (TPSA) is 32.9 Å². The average molecular weight is 203 g/mol. The summed E-state index contributed by atoms with van der Waals surface area (Å²) in [7, 11) is 0. The van der Waals surface area contributed by atoms with Crippen LogP contribution >= 0.6 is 0 Å². The molecule has 0 bridgehead atoms. The second kappa shape index (κ2) is 3.69. The largest absolute Gasteiger partial charge is 0.329 e. The van der Waals surface area contributed by atoms with Gasteiger partial charge in [-0.3, -0.25) is 4.79 Å². The van der Waals surface area contributed by atoms with Crippen molar-refractivity contribution in [2.75, 3.05) is 0 Å². The molecule has 0 unspecified atom stereocenters. The number of hydrogen-bond acceptors (Lipinski definition) is 1. The zero-order chi connectivity index (χ0) is 10.8. The maximum atomic E-state index is 13.3. The smallest absolute Gasteiger partial charge is 0.248 e. The van der Waals surface area contributed by atoms with Crippen LogP contribution in [0.5, 0.6) is 0 Å². The second-order valence-corrected chi connectivity index (χ2v) is 3.35. The van der Waals surface area contributed by atoms with E-state index in [-0.39, 0.29) is 11.4 Å². The molecule has 0 aliphatic carbocycles. The Labute approximate surface area is 86.4 Å². The number of nitrogens with one attached hydrogen (secondary N) is 1. The first-order valence-electron chi connectivity index (χ1n) is 4.63. The van der Waals surface area contributed by atoms with Gasteiger partial charge < -0.3 is 4.98 Å². The normalized spacial score (nSPS) is 10.3. The fraction of sp³-hybridized carbons (Fsp3) is 0.0833. The molecule has 1 heterocycles. The van der Waals surface area contributed by atoms with Crippen molar-refractivity contribution in [3.05, 3.63) is 58.3 Å². The van der Waals surface area contributed by atoms with Gasteiger partial charge in [-0.2, -0.15) is 0 Å². The van der Waals surface area contributed by atoms with E-state index in [0.717, 1.165) is 11.1 Å². The second-order valence-electron chi connectivity index (χ2n) is 3.35. The summed E-state index contributed by atoms with van der Waals surface area (Å²) in [6, 6.07) is 8.06. The Kier molecular flexibility index (Phi) is 2.37. The van der Waals surface area contributed by atoms with E-state index >= 15 is 0 Å². The number of benzene rings is 1. The van der Waals surface area contributed by atoms with Crippen LogP contribution in [0.3, 0.4) is 0 Å². The standard InChI is InChI=1S/C12H10FNO/c1-8-10(3-2-4-11(8)13)9-5-6-14-12(15)7-9/h2-7H,1H3,(H,14,15). The predicted molar refractivity (Wildman–Crippen MR) is 57.2 cm³/mol. The molecular formula is C12H10FNO. The molecule has 0 fully saturated rings. The van der Waals surface area contributed by atoms with Gasteiger partial charge in [0.1, 0.15) is 5.82 Å². The lowest BCUT2D eigenvalue weighted by molar-refractivity contribution is 0.619. The molecule has 0 saturated heterocycles. The Hall–Kier alpha value is -1.90. The van der Waals surface area contributed by atoms with Crippen molar-refractivity contribution in [1.82, 2.24) is 4.98 Å². The van der Waals surface area contributed by atoms with E-state index in [9.17, 15) is 9.18 Å². The summed E-state index contributed by atoms with van der Waals surface area (Å²) in [5.41, 5.74) is 1.86. The molecule has 76 valence electrons. The number of halogens is 1. The van der Waals surface area contributed by atoms with E-state index in [1.807, 2.05) is 0 Å². The van der Waals surface area contributed by atoms with Crippen molar-refractivity contribution in [3.8, 4) is 11.1 Å². The lowest BCUT2D eigenvalue weighted by Crippen LogP contribution is -2.02. The predicted octanol–water partition coefficient (Wildman–Crippen LogP) is 2.49. The lowest BCUT2D eigenvalue weighted by Gasteiger charge is -2.05. The summed E-state index contributed by atoms with van der Waals surface area (Å²) in [5.74, 6) is -0.257. The number of rotatable bonds is 1. The number of aromatic amines is 1. The van der Waals surface area contributed by atoms with E-state index in [0.29, 0.717) is 5.56 Å².